The molecule has 4 saturated heterocycles. The second-order valence-corrected chi connectivity index (χ2v) is 13.1. The Hall–Kier alpha value is -4.28. The number of terminal acetylenes is 1. The highest BCUT2D eigenvalue weighted by Gasteiger charge is 2.49. The van der Waals surface area contributed by atoms with Crippen LogP contribution in [-0.2, 0) is 6.18 Å². The SMILES string of the molecule is C#Cc1c(F)ccc2cc(O)cc(-c3ncc4c(N5CC6CCC(C5)N6)nc(OC[C@]56CCCN5C[C@@H](F)C6)nc4c3C(F)(F)F)c12. The maximum Gasteiger partial charge on any atom is 0.420 e. The number of fused-ring (bicyclic) bond motifs is 5. The number of phenols is 1. The molecule has 4 aliphatic heterocycles. The molecular weight excluding hydrogens is 619 g/mol. The first-order valence-corrected chi connectivity index (χ1v) is 15.8. The number of halogens is 5. The summed E-state index contributed by atoms with van der Waals surface area (Å²) in [5.41, 5.74) is -3.21. The molecular formula is C34H31F5N6O2. The Bertz CT molecular complexity index is 1950. The smallest absolute Gasteiger partial charge is 0.420 e. The van der Waals surface area contributed by atoms with Gasteiger partial charge in [0.05, 0.1) is 27.7 Å². The van der Waals surface area contributed by atoms with Gasteiger partial charge in [0, 0.05) is 55.3 Å². The summed E-state index contributed by atoms with van der Waals surface area (Å²) in [5, 5.41) is 14.4. The summed E-state index contributed by atoms with van der Waals surface area (Å²) in [4.78, 5) is 17.3. The molecule has 2 N–H and O–H groups in total. The lowest BCUT2D eigenvalue weighted by Gasteiger charge is -2.35. The number of ether oxygens (including phenoxy) is 1. The number of benzene rings is 2. The summed E-state index contributed by atoms with van der Waals surface area (Å²) in [6, 6.07) is 4.89. The van der Waals surface area contributed by atoms with E-state index in [0.717, 1.165) is 37.9 Å². The number of pyridine rings is 1. The number of nitrogens with one attached hydrogen (secondary N) is 1. The van der Waals surface area contributed by atoms with Gasteiger partial charge < -0.3 is 20.1 Å². The minimum atomic E-state index is -5.00. The third-order valence-electron chi connectivity index (χ3n) is 10.2. The summed E-state index contributed by atoms with van der Waals surface area (Å²) in [6.07, 6.45) is 4.62. The molecule has 244 valence electrons. The van der Waals surface area contributed by atoms with Crippen molar-refractivity contribution < 1.29 is 31.8 Å². The average Bonchev–Trinajstić information content (AvgIpc) is 3.68. The predicted molar refractivity (Wildman–Crippen MR) is 166 cm³/mol. The van der Waals surface area contributed by atoms with Crippen LogP contribution in [0.4, 0.5) is 27.8 Å². The fraction of sp³-hybridized carbons (Fsp3) is 0.441. The van der Waals surface area contributed by atoms with Crippen molar-refractivity contribution >= 4 is 27.5 Å². The minimum absolute atomic E-state index is 0.00881. The Morgan fingerprint density at radius 3 is 2.66 bits per heavy atom. The monoisotopic (exact) mass is 650 g/mol. The standard InChI is InChI=1S/C34H31F5N6O2/c1-2-23-26(36)7-4-18-10-22(46)11-24(27(18)23)29-28(34(37,38)39)30-25(13-40-29)31(44-15-20-5-6-21(16-44)41-20)43-32(42-30)47-17-33-8-3-9-45(33)14-19(35)12-33/h1,4,7,10-11,13,19-21,41,46H,3,5-6,8-9,12,14-17H2/t19-,20?,21?,33+/m0/s1. The number of hydrogen-bond acceptors (Lipinski definition) is 8. The lowest BCUT2D eigenvalue weighted by molar-refractivity contribution is -0.136. The van der Waals surface area contributed by atoms with Crippen LogP contribution in [0.25, 0.3) is 32.9 Å². The van der Waals surface area contributed by atoms with Crippen LogP contribution in [0.2, 0.25) is 0 Å². The zero-order valence-corrected chi connectivity index (χ0v) is 25.2. The number of phenolic OH excluding ortho intramolecular Hbond substituents is 1. The summed E-state index contributed by atoms with van der Waals surface area (Å²) in [7, 11) is 0. The average molecular weight is 651 g/mol. The lowest BCUT2D eigenvalue weighted by Crippen LogP contribution is -2.51. The first-order chi connectivity index (χ1) is 22.5. The van der Waals surface area contributed by atoms with E-state index in [4.69, 9.17) is 11.2 Å². The van der Waals surface area contributed by atoms with Gasteiger partial charge >= 0.3 is 12.2 Å². The quantitative estimate of drug-likeness (QED) is 0.214. The Balaban J connectivity index is 1.34. The van der Waals surface area contributed by atoms with Gasteiger partial charge in [-0.1, -0.05) is 12.0 Å². The third-order valence-corrected chi connectivity index (χ3v) is 10.2. The molecule has 0 saturated carbocycles. The molecule has 0 spiro atoms. The number of alkyl halides is 4. The lowest BCUT2D eigenvalue weighted by atomic mass is 9.93. The van der Waals surface area contributed by atoms with Gasteiger partial charge in [0.2, 0.25) is 0 Å². The first kappa shape index (κ1) is 30.1. The molecule has 2 bridgehead atoms. The van der Waals surface area contributed by atoms with Crippen LogP contribution >= 0.6 is 0 Å². The van der Waals surface area contributed by atoms with Gasteiger partial charge in [0.15, 0.2) is 0 Å². The fourth-order valence-electron chi connectivity index (χ4n) is 8.20. The molecule has 8 rings (SSSR count). The highest BCUT2D eigenvalue weighted by Crippen LogP contribution is 2.46. The Morgan fingerprint density at radius 1 is 1.13 bits per heavy atom. The number of aromatic nitrogens is 3. The van der Waals surface area contributed by atoms with Crippen LogP contribution in [0.1, 0.15) is 43.2 Å². The number of hydrogen-bond donors (Lipinski definition) is 2. The van der Waals surface area contributed by atoms with Gasteiger partial charge in [-0.2, -0.15) is 23.1 Å². The number of aromatic hydroxyl groups is 1. The Labute approximate surface area is 266 Å². The van der Waals surface area contributed by atoms with Gasteiger partial charge in [0.1, 0.15) is 35.7 Å². The van der Waals surface area contributed by atoms with E-state index < -0.39 is 40.5 Å². The summed E-state index contributed by atoms with van der Waals surface area (Å²) in [6.45, 7) is 2.10. The zero-order valence-electron chi connectivity index (χ0n) is 25.2. The zero-order chi connectivity index (χ0) is 32.7. The van der Waals surface area contributed by atoms with Gasteiger partial charge in [0.25, 0.3) is 0 Å². The molecule has 4 aliphatic rings. The van der Waals surface area contributed by atoms with Crippen LogP contribution in [-0.4, -0.2) is 81.5 Å². The normalized spacial score (nSPS) is 25.9. The van der Waals surface area contributed by atoms with E-state index in [0.29, 0.717) is 26.1 Å². The molecule has 4 atom stereocenters. The molecule has 13 heteroatoms. The largest absolute Gasteiger partial charge is 0.508 e. The third kappa shape index (κ3) is 5.00. The molecule has 47 heavy (non-hydrogen) atoms. The number of nitrogens with zero attached hydrogens (tertiary/aromatic N) is 5. The molecule has 0 aliphatic carbocycles. The second kappa shape index (κ2) is 10.9. The molecule has 2 aromatic carbocycles. The van der Waals surface area contributed by atoms with E-state index in [9.17, 15) is 13.9 Å². The van der Waals surface area contributed by atoms with Crippen molar-refractivity contribution in [1.82, 2.24) is 25.2 Å². The topological polar surface area (TPSA) is 86.6 Å². The van der Waals surface area contributed by atoms with Crippen LogP contribution in [0.15, 0.2) is 30.5 Å². The number of rotatable bonds is 5. The highest BCUT2D eigenvalue weighted by atomic mass is 19.4. The molecule has 0 radical (unpaired) electrons. The van der Waals surface area contributed by atoms with Crippen molar-refractivity contribution in [1.29, 1.82) is 0 Å². The van der Waals surface area contributed by atoms with Crippen molar-refractivity contribution in [3.05, 3.63) is 47.4 Å². The van der Waals surface area contributed by atoms with Crippen molar-refractivity contribution in [3.8, 4) is 35.4 Å². The van der Waals surface area contributed by atoms with Gasteiger partial charge in [-0.15, -0.1) is 6.42 Å². The summed E-state index contributed by atoms with van der Waals surface area (Å²) >= 11 is 0. The van der Waals surface area contributed by atoms with E-state index in [1.54, 1.807) is 0 Å². The molecule has 2 unspecified atom stereocenters. The van der Waals surface area contributed by atoms with E-state index in [2.05, 4.69) is 26.2 Å². The molecule has 2 aromatic heterocycles. The van der Waals surface area contributed by atoms with Gasteiger partial charge in [-0.25, -0.2) is 8.78 Å². The van der Waals surface area contributed by atoms with E-state index in [1.165, 1.54) is 18.3 Å². The van der Waals surface area contributed by atoms with Crippen molar-refractivity contribution in [2.75, 3.05) is 37.7 Å². The van der Waals surface area contributed by atoms with Crippen LogP contribution in [0.3, 0.4) is 0 Å². The molecule has 4 fully saturated rings. The van der Waals surface area contributed by atoms with Crippen LogP contribution < -0.4 is 15.0 Å². The maximum atomic E-state index is 15.3. The maximum absolute atomic E-state index is 15.3. The molecule has 4 aromatic rings. The highest BCUT2D eigenvalue weighted by molar-refractivity contribution is 6.04. The first-order valence-electron chi connectivity index (χ1n) is 15.8. The Kier molecular flexibility index (Phi) is 6.97. The number of anilines is 1. The molecule has 6 heterocycles. The molecule has 8 nitrogen and oxygen atoms in total. The molecule has 0 amide bonds. The van der Waals surface area contributed by atoms with E-state index >= 15 is 13.2 Å². The minimum Gasteiger partial charge on any atom is -0.508 e. The van der Waals surface area contributed by atoms with Crippen molar-refractivity contribution in [2.45, 2.75) is 62.1 Å². The summed E-state index contributed by atoms with van der Waals surface area (Å²) in [5.74, 6) is 1.37. The predicted octanol–water partition coefficient (Wildman–Crippen LogP) is 5.59. The number of piperazine rings is 1. The fourth-order valence-corrected chi connectivity index (χ4v) is 8.20. The van der Waals surface area contributed by atoms with Crippen LogP contribution in [0, 0.1) is 18.2 Å². The van der Waals surface area contributed by atoms with Crippen LogP contribution in [0.5, 0.6) is 11.8 Å². The van der Waals surface area contributed by atoms with Crippen molar-refractivity contribution in [3.63, 3.8) is 0 Å². The van der Waals surface area contributed by atoms with Gasteiger partial charge in [-0.05, 0) is 55.8 Å². The van der Waals surface area contributed by atoms with Crippen molar-refractivity contribution in [2.24, 2.45) is 0 Å². The van der Waals surface area contributed by atoms with E-state index in [-0.39, 0.29) is 70.0 Å². The second-order valence-electron chi connectivity index (χ2n) is 13.1. The summed E-state index contributed by atoms with van der Waals surface area (Å²) < 4.78 is 81.5. The van der Waals surface area contributed by atoms with Gasteiger partial charge in [-0.3, -0.25) is 9.88 Å². The Morgan fingerprint density at radius 2 is 1.91 bits per heavy atom. The van der Waals surface area contributed by atoms with E-state index in [1.807, 2.05) is 9.80 Å².